The summed E-state index contributed by atoms with van der Waals surface area (Å²) in [5, 5.41) is 0. The first-order chi connectivity index (χ1) is 9.45. The fourth-order valence-electron chi connectivity index (χ4n) is 1.93. The molecule has 0 aliphatic carbocycles. The quantitative estimate of drug-likeness (QED) is 0.347. The van der Waals surface area contributed by atoms with Gasteiger partial charge in [0, 0.05) is 16.8 Å². The summed E-state index contributed by atoms with van der Waals surface area (Å²) in [7, 11) is 0. The Hall–Kier alpha value is -1.57. The van der Waals surface area contributed by atoms with Crippen molar-refractivity contribution in [1.29, 1.82) is 0 Å². The molecule has 0 saturated carbocycles. The van der Waals surface area contributed by atoms with Gasteiger partial charge in [0.2, 0.25) is 0 Å². The molecule has 1 atom stereocenters. The van der Waals surface area contributed by atoms with Crippen molar-refractivity contribution >= 4 is 21.6 Å². The number of benzene rings is 2. The van der Waals surface area contributed by atoms with Gasteiger partial charge in [0.25, 0.3) is 0 Å². The van der Waals surface area contributed by atoms with E-state index in [-0.39, 0.29) is 21.3 Å². The summed E-state index contributed by atoms with van der Waals surface area (Å²) in [4.78, 5) is 0. The molecule has 0 saturated heterocycles. The van der Waals surface area contributed by atoms with Crippen LogP contribution in [0.4, 0.5) is 18.9 Å². The van der Waals surface area contributed by atoms with E-state index in [1.54, 1.807) is 0 Å². The van der Waals surface area contributed by atoms with E-state index in [1.165, 1.54) is 12.1 Å². The molecule has 106 valence electrons. The normalized spacial score (nSPS) is 12.4. The molecule has 2 aromatic carbocycles. The van der Waals surface area contributed by atoms with Crippen LogP contribution >= 0.6 is 15.9 Å². The van der Waals surface area contributed by atoms with Gasteiger partial charge in [0.1, 0.15) is 17.5 Å². The molecule has 5 N–H and O–H groups in total. The van der Waals surface area contributed by atoms with Gasteiger partial charge in [-0.2, -0.15) is 0 Å². The van der Waals surface area contributed by atoms with Crippen LogP contribution in [0.15, 0.2) is 34.8 Å². The highest BCUT2D eigenvalue weighted by atomic mass is 79.9. The van der Waals surface area contributed by atoms with E-state index in [9.17, 15) is 13.2 Å². The molecule has 20 heavy (non-hydrogen) atoms. The Morgan fingerprint density at radius 1 is 1.10 bits per heavy atom. The maximum Gasteiger partial charge on any atom is 0.145 e. The number of hydrogen-bond donors (Lipinski definition) is 3. The molecular weight excluding hydrogens is 335 g/mol. The highest BCUT2D eigenvalue weighted by molar-refractivity contribution is 9.10. The van der Waals surface area contributed by atoms with Gasteiger partial charge in [0.15, 0.2) is 0 Å². The minimum absolute atomic E-state index is 0.0733. The second-order valence-corrected chi connectivity index (χ2v) is 4.98. The van der Waals surface area contributed by atoms with Crippen LogP contribution in [0, 0.1) is 17.5 Å². The van der Waals surface area contributed by atoms with Crippen LogP contribution in [0.3, 0.4) is 0 Å². The number of nitrogens with two attached hydrogens (primary N) is 2. The summed E-state index contributed by atoms with van der Waals surface area (Å²) in [5.41, 5.74) is 7.98. The van der Waals surface area contributed by atoms with Gasteiger partial charge in [-0.1, -0.05) is 0 Å². The average molecular weight is 346 g/mol. The fraction of sp³-hybridized carbons (Fsp3) is 0.0769. The van der Waals surface area contributed by atoms with Gasteiger partial charge < -0.3 is 5.73 Å². The lowest BCUT2D eigenvalue weighted by atomic mass is 9.96. The van der Waals surface area contributed by atoms with Crippen LogP contribution in [-0.2, 0) is 0 Å². The molecule has 0 aliphatic heterocycles. The summed E-state index contributed by atoms with van der Waals surface area (Å²) in [6, 6.07) is 4.75. The number of anilines is 1. The van der Waals surface area contributed by atoms with Crippen molar-refractivity contribution in [3.8, 4) is 0 Å². The van der Waals surface area contributed by atoms with Crippen molar-refractivity contribution in [3.63, 3.8) is 0 Å². The summed E-state index contributed by atoms with van der Waals surface area (Å²) >= 11 is 2.97. The van der Waals surface area contributed by atoms with Crippen LogP contribution in [0.5, 0.6) is 0 Å². The number of nitrogens with one attached hydrogen (secondary N) is 1. The number of halogens is 4. The molecule has 0 radical (unpaired) electrons. The molecule has 0 bridgehead atoms. The first kappa shape index (κ1) is 14.8. The molecule has 2 rings (SSSR count). The van der Waals surface area contributed by atoms with Gasteiger partial charge in [-0.3, -0.25) is 5.84 Å². The molecule has 0 fully saturated rings. The Bertz CT molecular complexity index is 649. The zero-order chi connectivity index (χ0) is 14.9. The molecule has 1 unspecified atom stereocenters. The van der Waals surface area contributed by atoms with Gasteiger partial charge in [0.05, 0.1) is 10.5 Å². The third kappa shape index (κ3) is 2.65. The summed E-state index contributed by atoms with van der Waals surface area (Å²) in [6.45, 7) is 0. The highest BCUT2D eigenvalue weighted by Crippen LogP contribution is 2.33. The van der Waals surface area contributed by atoms with Gasteiger partial charge in [-0.25, -0.2) is 18.6 Å². The lowest BCUT2D eigenvalue weighted by Crippen LogP contribution is -2.31. The first-order valence-electron chi connectivity index (χ1n) is 5.60. The molecule has 0 aliphatic rings. The SMILES string of the molecule is NNC(c1cc(F)ccc1N)c1c(F)ccc(Br)c1F. The Morgan fingerprint density at radius 3 is 2.45 bits per heavy atom. The number of rotatable bonds is 3. The predicted octanol–water partition coefficient (Wildman–Crippen LogP) is 3.00. The van der Waals surface area contributed by atoms with Crippen LogP contribution in [-0.4, -0.2) is 0 Å². The van der Waals surface area contributed by atoms with Crippen molar-refractivity contribution in [2.75, 3.05) is 5.73 Å². The Labute approximate surface area is 121 Å². The van der Waals surface area contributed by atoms with Crippen molar-refractivity contribution in [2.24, 2.45) is 5.84 Å². The van der Waals surface area contributed by atoms with Crippen LogP contribution in [0.2, 0.25) is 0 Å². The minimum atomic E-state index is -1.11. The predicted molar refractivity (Wildman–Crippen MR) is 74.0 cm³/mol. The van der Waals surface area contributed by atoms with Crippen molar-refractivity contribution < 1.29 is 13.2 Å². The third-order valence-corrected chi connectivity index (χ3v) is 3.51. The van der Waals surface area contributed by atoms with E-state index in [0.717, 1.165) is 18.2 Å². The van der Waals surface area contributed by atoms with Crippen LogP contribution in [0.25, 0.3) is 0 Å². The maximum atomic E-state index is 14.1. The van der Waals surface area contributed by atoms with Crippen LogP contribution in [0.1, 0.15) is 17.2 Å². The standard InChI is InChI=1S/C13H11BrF3N3/c14-8-2-3-9(16)11(12(8)17)13(20-19)7-5-6(15)1-4-10(7)18/h1-5,13,20H,18-19H2. The smallest absolute Gasteiger partial charge is 0.145 e. The second kappa shape index (κ2) is 5.82. The average Bonchev–Trinajstić information content (AvgIpc) is 2.42. The molecule has 0 aromatic heterocycles. The van der Waals surface area contributed by atoms with Crippen molar-refractivity contribution in [3.05, 3.63) is 63.4 Å². The lowest BCUT2D eigenvalue weighted by molar-refractivity contribution is 0.506. The third-order valence-electron chi connectivity index (χ3n) is 2.89. The molecule has 0 amide bonds. The summed E-state index contributed by atoms with van der Waals surface area (Å²) in [6.07, 6.45) is 0. The molecule has 0 spiro atoms. The Balaban J connectivity index is 2.64. The monoisotopic (exact) mass is 345 g/mol. The van der Waals surface area contributed by atoms with Gasteiger partial charge in [-0.15, -0.1) is 0 Å². The molecule has 7 heteroatoms. The Kier molecular flexibility index (Phi) is 4.32. The maximum absolute atomic E-state index is 14.1. The van der Waals surface area contributed by atoms with E-state index < -0.39 is 23.5 Å². The largest absolute Gasteiger partial charge is 0.398 e. The first-order valence-corrected chi connectivity index (χ1v) is 6.39. The van der Waals surface area contributed by atoms with E-state index >= 15 is 0 Å². The zero-order valence-electron chi connectivity index (χ0n) is 10.1. The van der Waals surface area contributed by atoms with Gasteiger partial charge >= 0.3 is 0 Å². The highest BCUT2D eigenvalue weighted by Gasteiger charge is 2.24. The summed E-state index contributed by atoms with van der Waals surface area (Å²) < 4.78 is 41.4. The Morgan fingerprint density at radius 2 is 1.80 bits per heavy atom. The second-order valence-electron chi connectivity index (χ2n) is 4.13. The van der Waals surface area contributed by atoms with Crippen LogP contribution < -0.4 is 17.0 Å². The fourth-order valence-corrected chi connectivity index (χ4v) is 2.28. The molecular formula is C13H11BrF3N3. The molecule has 3 nitrogen and oxygen atoms in total. The van der Waals surface area contributed by atoms with E-state index in [4.69, 9.17) is 11.6 Å². The number of hydrazine groups is 1. The van der Waals surface area contributed by atoms with Crippen molar-refractivity contribution in [1.82, 2.24) is 5.43 Å². The van der Waals surface area contributed by atoms with Crippen molar-refractivity contribution in [2.45, 2.75) is 6.04 Å². The lowest BCUT2D eigenvalue weighted by Gasteiger charge is -2.20. The van der Waals surface area contributed by atoms with E-state index in [1.807, 2.05) is 0 Å². The minimum Gasteiger partial charge on any atom is -0.398 e. The molecule has 2 aromatic rings. The molecule has 0 heterocycles. The van der Waals surface area contributed by atoms with Gasteiger partial charge in [-0.05, 0) is 46.3 Å². The topological polar surface area (TPSA) is 64.1 Å². The zero-order valence-corrected chi connectivity index (χ0v) is 11.7. The number of nitrogen functional groups attached to an aromatic ring is 1. The summed E-state index contributed by atoms with van der Waals surface area (Å²) in [5.74, 6) is 3.16. The van der Waals surface area contributed by atoms with E-state index in [0.29, 0.717) is 0 Å². The van der Waals surface area contributed by atoms with E-state index in [2.05, 4.69) is 21.4 Å². The number of hydrogen-bond acceptors (Lipinski definition) is 3.